The molecular weight excluding hydrogens is 369 g/mol. The maximum absolute atomic E-state index is 12.7. The average molecular weight is 391 g/mol. The Hall–Kier alpha value is -1.54. The molecule has 2 fully saturated rings. The summed E-state index contributed by atoms with van der Waals surface area (Å²) in [5, 5.41) is 1.96. The Bertz CT molecular complexity index is 641. The maximum Gasteiger partial charge on any atom is 0.417 e. The van der Waals surface area contributed by atoms with E-state index in [1.54, 1.807) is 0 Å². The molecule has 144 valence electrons. The molecule has 0 atom stereocenters. The first-order valence-electron chi connectivity index (χ1n) is 8.88. The van der Waals surface area contributed by atoms with Crippen molar-refractivity contribution in [2.45, 2.75) is 38.3 Å². The second-order valence-corrected chi connectivity index (χ2v) is 7.22. The van der Waals surface area contributed by atoms with Gasteiger partial charge in [-0.2, -0.15) is 13.2 Å². The van der Waals surface area contributed by atoms with E-state index in [9.17, 15) is 18.0 Å². The van der Waals surface area contributed by atoms with E-state index >= 15 is 0 Å². The highest BCUT2D eigenvalue weighted by molar-refractivity contribution is 6.33. The van der Waals surface area contributed by atoms with Gasteiger partial charge in [0.1, 0.15) is 5.82 Å². The molecule has 1 aromatic rings. The summed E-state index contributed by atoms with van der Waals surface area (Å²) in [5.74, 6) is 0.272. The zero-order valence-electron chi connectivity index (χ0n) is 14.4. The number of carbonyl (C=O) groups excluding carboxylic acids is 1. The van der Waals surface area contributed by atoms with Crippen molar-refractivity contribution in [1.82, 2.24) is 15.4 Å². The van der Waals surface area contributed by atoms with Gasteiger partial charge in [-0.05, 0) is 31.7 Å². The minimum atomic E-state index is -4.46. The molecule has 0 bridgehead atoms. The fraction of sp³-hybridized carbons (Fsp3) is 0.647. The predicted octanol–water partition coefficient (Wildman–Crippen LogP) is 3.49. The van der Waals surface area contributed by atoms with Crippen LogP contribution in [0.5, 0.6) is 0 Å². The molecule has 3 heterocycles. The number of anilines is 1. The van der Waals surface area contributed by atoms with Gasteiger partial charge in [0, 0.05) is 38.3 Å². The van der Waals surface area contributed by atoms with Gasteiger partial charge in [-0.3, -0.25) is 10.2 Å². The minimum Gasteiger partial charge on any atom is -0.355 e. The topological polar surface area (TPSA) is 48.5 Å². The summed E-state index contributed by atoms with van der Waals surface area (Å²) in [6, 6.07) is 0.902. The van der Waals surface area contributed by atoms with Crippen molar-refractivity contribution < 1.29 is 18.0 Å². The molecule has 0 unspecified atom stereocenters. The SMILES string of the molecule is O=C(NN1CCCCC1)C1CCN(c2ncc(C(F)(F)F)cc2Cl)CC1. The molecule has 2 aliphatic rings. The van der Waals surface area contributed by atoms with Crippen LogP contribution >= 0.6 is 11.6 Å². The van der Waals surface area contributed by atoms with E-state index in [1.807, 2.05) is 9.91 Å². The number of carbonyl (C=O) groups is 1. The number of hydrazine groups is 1. The number of halogens is 4. The van der Waals surface area contributed by atoms with Crippen LogP contribution in [0.25, 0.3) is 0 Å². The molecule has 5 nitrogen and oxygen atoms in total. The first-order chi connectivity index (χ1) is 12.3. The van der Waals surface area contributed by atoms with Crippen LogP contribution in [0.1, 0.15) is 37.7 Å². The van der Waals surface area contributed by atoms with Gasteiger partial charge in [0.2, 0.25) is 5.91 Å². The Kier molecular flexibility index (Phi) is 5.92. The molecule has 3 rings (SSSR count). The molecule has 0 radical (unpaired) electrons. The summed E-state index contributed by atoms with van der Waals surface area (Å²) in [5.41, 5.74) is 2.13. The van der Waals surface area contributed by atoms with Crippen molar-refractivity contribution in [3.63, 3.8) is 0 Å². The third-order valence-electron chi connectivity index (χ3n) is 4.94. The number of pyridine rings is 1. The van der Waals surface area contributed by atoms with Crippen molar-refractivity contribution in [1.29, 1.82) is 0 Å². The van der Waals surface area contributed by atoms with Crippen LogP contribution in [0.3, 0.4) is 0 Å². The molecule has 2 aliphatic heterocycles. The van der Waals surface area contributed by atoms with E-state index in [1.165, 1.54) is 6.42 Å². The van der Waals surface area contributed by atoms with Gasteiger partial charge in [0.15, 0.2) is 0 Å². The lowest BCUT2D eigenvalue weighted by atomic mass is 9.96. The summed E-state index contributed by atoms with van der Waals surface area (Å²) in [6.45, 7) is 2.84. The van der Waals surface area contributed by atoms with Gasteiger partial charge < -0.3 is 4.90 Å². The predicted molar refractivity (Wildman–Crippen MR) is 92.8 cm³/mol. The van der Waals surface area contributed by atoms with Gasteiger partial charge >= 0.3 is 6.18 Å². The Balaban J connectivity index is 1.55. The zero-order chi connectivity index (χ0) is 18.7. The Morgan fingerprint density at radius 3 is 2.38 bits per heavy atom. The summed E-state index contributed by atoms with van der Waals surface area (Å²) in [7, 11) is 0. The Labute approximate surface area is 155 Å². The van der Waals surface area contributed by atoms with Gasteiger partial charge in [-0.25, -0.2) is 9.99 Å². The van der Waals surface area contributed by atoms with Crippen molar-refractivity contribution in [2.75, 3.05) is 31.1 Å². The molecule has 0 aromatic carbocycles. The number of nitrogens with zero attached hydrogens (tertiary/aromatic N) is 3. The number of piperidine rings is 2. The molecule has 2 saturated heterocycles. The third kappa shape index (κ3) is 4.59. The largest absolute Gasteiger partial charge is 0.417 e. The van der Waals surface area contributed by atoms with Crippen LogP contribution in [0, 0.1) is 5.92 Å². The summed E-state index contributed by atoms with van der Waals surface area (Å²) in [4.78, 5) is 18.1. The van der Waals surface area contributed by atoms with Crippen LogP contribution in [0.15, 0.2) is 12.3 Å². The molecule has 9 heteroatoms. The molecular formula is C17H22ClF3N4O. The highest BCUT2D eigenvalue weighted by atomic mass is 35.5. The summed E-state index contributed by atoms with van der Waals surface area (Å²) >= 11 is 6.01. The van der Waals surface area contributed by atoms with Crippen LogP contribution in [0.4, 0.5) is 19.0 Å². The second kappa shape index (κ2) is 8.00. The van der Waals surface area contributed by atoms with Crippen LogP contribution < -0.4 is 10.3 Å². The average Bonchev–Trinajstić information content (AvgIpc) is 2.62. The molecule has 1 aromatic heterocycles. The molecule has 0 saturated carbocycles. The monoisotopic (exact) mass is 390 g/mol. The highest BCUT2D eigenvalue weighted by Crippen LogP contribution is 2.34. The van der Waals surface area contributed by atoms with Crippen LogP contribution in [-0.4, -0.2) is 42.1 Å². The lowest BCUT2D eigenvalue weighted by Crippen LogP contribution is -2.49. The van der Waals surface area contributed by atoms with Gasteiger partial charge in [0.05, 0.1) is 10.6 Å². The second-order valence-electron chi connectivity index (χ2n) is 6.81. The molecule has 1 N–H and O–H groups in total. The lowest BCUT2D eigenvalue weighted by molar-refractivity contribution is -0.137. The van der Waals surface area contributed by atoms with E-state index in [-0.39, 0.29) is 16.8 Å². The van der Waals surface area contributed by atoms with Crippen molar-refractivity contribution in [3.05, 3.63) is 22.8 Å². The first-order valence-corrected chi connectivity index (χ1v) is 9.25. The van der Waals surface area contributed by atoms with E-state index in [2.05, 4.69) is 10.4 Å². The van der Waals surface area contributed by atoms with Gasteiger partial charge in [-0.1, -0.05) is 18.0 Å². The number of rotatable bonds is 3. The maximum atomic E-state index is 12.7. The highest BCUT2D eigenvalue weighted by Gasteiger charge is 2.33. The Morgan fingerprint density at radius 1 is 1.15 bits per heavy atom. The first kappa shape index (κ1) is 19.2. The number of alkyl halides is 3. The number of hydrogen-bond donors (Lipinski definition) is 1. The van der Waals surface area contributed by atoms with Crippen LogP contribution in [0.2, 0.25) is 5.02 Å². The fourth-order valence-corrected chi connectivity index (χ4v) is 3.71. The van der Waals surface area contributed by atoms with E-state index < -0.39 is 11.7 Å². The van der Waals surface area contributed by atoms with Crippen molar-refractivity contribution >= 4 is 23.3 Å². The van der Waals surface area contributed by atoms with E-state index in [0.29, 0.717) is 31.7 Å². The van der Waals surface area contributed by atoms with Crippen molar-refractivity contribution in [2.24, 2.45) is 5.92 Å². The quantitative estimate of drug-likeness (QED) is 0.858. The van der Waals surface area contributed by atoms with E-state index in [4.69, 9.17) is 11.6 Å². The molecule has 0 spiro atoms. The van der Waals surface area contributed by atoms with Crippen molar-refractivity contribution in [3.8, 4) is 0 Å². The normalized spacial score (nSPS) is 20.2. The van der Waals surface area contributed by atoms with E-state index in [0.717, 1.165) is 38.2 Å². The summed E-state index contributed by atoms with van der Waals surface area (Å²) in [6.07, 6.45) is 0.974. The van der Waals surface area contributed by atoms with Crippen LogP contribution in [-0.2, 0) is 11.0 Å². The van der Waals surface area contributed by atoms with Gasteiger partial charge in [-0.15, -0.1) is 0 Å². The minimum absolute atomic E-state index is 0.0176. The molecule has 0 aliphatic carbocycles. The number of hydrogen-bond acceptors (Lipinski definition) is 4. The zero-order valence-corrected chi connectivity index (χ0v) is 15.1. The molecule has 1 amide bonds. The van der Waals surface area contributed by atoms with Gasteiger partial charge in [0.25, 0.3) is 0 Å². The smallest absolute Gasteiger partial charge is 0.355 e. The number of aromatic nitrogens is 1. The number of nitrogens with one attached hydrogen (secondary N) is 1. The fourth-order valence-electron chi connectivity index (χ4n) is 3.42. The number of amides is 1. The third-order valence-corrected chi connectivity index (χ3v) is 5.22. The lowest BCUT2D eigenvalue weighted by Gasteiger charge is -2.34. The molecule has 26 heavy (non-hydrogen) atoms. The Morgan fingerprint density at radius 2 is 1.81 bits per heavy atom. The summed E-state index contributed by atoms with van der Waals surface area (Å²) < 4.78 is 38.1. The standard InChI is InChI=1S/C17H22ClF3N4O/c18-14-10-13(17(19,20)21)11-22-15(14)24-8-4-12(5-9-24)16(26)23-25-6-2-1-3-7-25/h10-12H,1-9H2,(H,23,26).